The second-order valence-electron chi connectivity index (χ2n) is 6.81. The molecule has 1 aromatic rings. The summed E-state index contributed by atoms with van der Waals surface area (Å²) in [5, 5.41) is 30.4. The molecule has 1 aliphatic heterocycles. The zero-order valence-electron chi connectivity index (χ0n) is 16.3. The van der Waals surface area contributed by atoms with Gasteiger partial charge in [0.1, 0.15) is 24.1 Å². The highest BCUT2D eigenvalue weighted by atomic mass is 31.3. The number of hydrogen-bond acceptors (Lipinski definition) is 12. The minimum atomic E-state index is -6.49. The number of aromatic nitrogens is 2. The smallest absolute Gasteiger partial charge is 0.368 e. The standard InChI is InChI=1S/C12H20N3O15P3/c1-4(16)12(31(21,22)23,32(24,25)26)33(27,28)30-10(19)8-6(17)7(18)9(29-8)15-3-2-5(13)14-11(15)20/h2-3,6-10,17-19H,1H3,(H,27,28)(H2,13,14,20)(H2,21,22,23)(H2,24,25,26)/t6-,7+,8-,9+,10?/m0/s1. The van der Waals surface area contributed by atoms with E-state index in [4.69, 9.17) is 10.5 Å². The summed E-state index contributed by atoms with van der Waals surface area (Å²) in [6.45, 7) is 0.192. The molecule has 18 nitrogen and oxygen atoms in total. The topological polar surface area (TPSA) is 309 Å². The van der Waals surface area contributed by atoms with E-state index in [-0.39, 0.29) is 12.7 Å². The molecule has 1 saturated heterocycles. The fraction of sp³-hybridized carbons (Fsp3) is 0.583. The normalized spacial score (nSPS) is 27.2. The molecular weight excluding hydrogens is 519 g/mol. The number of ketones is 1. The number of ether oxygens (including phenoxy) is 1. The number of anilines is 1. The number of aliphatic hydroxyl groups excluding tert-OH is 3. The molecule has 0 aliphatic carbocycles. The van der Waals surface area contributed by atoms with E-state index in [1.54, 1.807) is 0 Å². The van der Waals surface area contributed by atoms with Crippen LogP contribution in [0.4, 0.5) is 5.82 Å². The first kappa shape index (κ1) is 27.9. The van der Waals surface area contributed by atoms with Gasteiger partial charge in [-0.25, -0.2) is 4.79 Å². The van der Waals surface area contributed by atoms with Gasteiger partial charge in [0, 0.05) is 6.20 Å². The van der Waals surface area contributed by atoms with Crippen molar-refractivity contribution in [3.05, 3.63) is 22.7 Å². The molecule has 2 heterocycles. The molecule has 2 rings (SSSR count). The lowest BCUT2D eigenvalue weighted by Crippen LogP contribution is -2.43. The highest BCUT2D eigenvalue weighted by molar-refractivity contribution is 7.91. The Morgan fingerprint density at radius 2 is 1.70 bits per heavy atom. The van der Waals surface area contributed by atoms with Gasteiger partial charge in [-0.05, 0) is 13.0 Å². The fourth-order valence-corrected chi connectivity index (χ4v) is 9.21. The van der Waals surface area contributed by atoms with Crippen LogP contribution in [-0.4, -0.2) is 84.4 Å². The summed E-state index contributed by atoms with van der Waals surface area (Å²) in [4.78, 5) is 74.9. The van der Waals surface area contributed by atoms with Crippen molar-refractivity contribution >= 4 is 34.4 Å². The van der Waals surface area contributed by atoms with Crippen molar-refractivity contribution in [3.63, 3.8) is 0 Å². The number of aliphatic hydroxyl groups is 3. The van der Waals surface area contributed by atoms with E-state index in [1.165, 1.54) is 0 Å². The predicted octanol–water partition coefficient (Wildman–Crippen LogP) is -3.44. The first-order valence-corrected chi connectivity index (χ1v) is 13.3. The number of carbonyl (C=O) groups excluding carboxylic acids is 1. The Labute approximate surface area is 183 Å². The zero-order chi connectivity index (χ0) is 25.7. The summed E-state index contributed by atoms with van der Waals surface area (Å²) in [5.41, 5.74) is 4.23. The molecule has 0 saturated carbocycles. The Bertz CT molecular complexity index is 1100. The van der Waals surface area contributed by atoms with Crippen molar-refractivity contribution in [2.45, 2.75) is 42.4 Å². The van der Waals surface area contributed by atoms with Crippen molar-refractivity contribution in [2.24, 2.45) is 0 Å². The lowest BCUT2D eigenvalue weighted by atomic mass is 10.1. The van der Waals surface area contributed by atoms with E-state index in [9.17, 15) is 63.1 Å². The number of rotatable bonds is 8. The molecule has 1 fully saturated rings. The molecular formula is C12H20N3O15P3. The molecule has 0 bridgehead atoms. The average Bonchev–Trinajstić information content (AvgIpc) is 2.87. The highest BCUT2D eigenvalue weighted by Crippen LogP contribution is 2.84. The van der Waals surface area contributed by atoms with Crippen molar-refractivity contribution in [1.82, 2.24) is 9.55 Å². The third-order valence-electron chi connectivity index (χ3n) is 4.61. The van der Waals surface area contributed by atoms with Gasteiger partial charge in [0.25, 0.3) is 0 Å². The number of nitrogens with zero attached hydrogens (tertiary/aromatic N) is 2. The fourth-order valence-electron chi connectivity index (χ4n) is 3.16. The summed E-state index contributed by atoms with van der Waals surface area (Å²) >= 11 is 0. The number of nitrogens with two attached hydrogens (primary N) is 1. The zero-order valence-corrected chi connectivity index (χ0v) is 19.0. The van der Waals surface area contributed by atoms with E-state index in [0.717, 1.165) is 12.3 Å². The van der Waals surface area contributed by atoms with Gasteiger partial charge in [-0.15, -0.1) is 0 Å². The third kappa shape index (κ3) is 4.63. The second kappa shape index (κ2) is 9.02. The molecule has 2 unspecified atom stereocenters. The van der Waals surface area contributed by atoms with Crippen LogP contribution < -0.4 is 11.4 Å². The first-order valence-electron chi connectivity index (χ1n) is 8.47. The lowest BCUT2D eigenvalue weighted by molar-refractivity contribution is -0.158. The van der Waals surface area contributed by atoms with Crippen LogP contribution in [-0.2, 0) is 27.8 Å². The van der Waals surface area contributed by atoms with Gasteiger partial charge in [0.05, 0.1) is 0 Å². The summed E-state index contributed by atoms with van der Waals surface area (Å²) < 4.78 is 41.5. The molecule has 0 amide bonds. The van der Waals surface area contributed by atoms with Crippen LogP contribution in [0, 0.1) is 0 Å². The van der Waals surface area contributed by atoms with Crippen LogP contribution in [0.5, 0.6) is 0 Å². The third-order valence-corrected chi connectivity index (χ3v) is 13.1. The van der Waals surface area contributed by atoms with E-state index >= 15 is 0 Å². The summed E-state index contributed by atoms with van der Waals surface area (Å²) in [7, 11) is -19.4. The highest BCUT2D eigenvalue weighted by Gasteiger charge is 2.77. The Kier molecular flexibility index (Phi) is 7.62. The van der Waals surface area contributed by atoms with Gasteiger partial charge < -0.3 is 50.3 Å². The number of nitrogen functional groups attached to an aromatic ring is 1. The molecule has 1 aromatic heterocycles. The number of Topliss-reactive ketones (excluding diaryl/α,β-unsaturated/α-hetero) is 1. The monoisotopic (exact) mass is 539 g/mol. The number of hydrogen-bond donors (Lipinski definition) is 9. The van der Waals surface area contributed by atoms with Crippen molar-refractivity contribution < 1.29 is 67.5 Å². The molecule has 0 radical (unpaired) electrons. The van der Waals surface area contributed by atoms with E-state index in [2.05, 4.69) is 9.51 Å². The van der Waals surface area contributed by atoms with Crippen molar-refractivity contribution in [3.8, 4) is 0 Å². The van der Waals surface area contributed by atoms with E-state index < -0.39 is 69.7 Å². The van der Waals surface area contributed by atoms with Crippen LogP contribution in [0.2, 0.25) is 0 Å². The van der Waals surface area contributed by atoms with Crippen LogP contribution in [0.25, 0.3) is 0 Å². The molecule has 0 spiro atoms. The van der Waals surface area contributed by atoms with Gasteiger partial charge in [0.2, 0.25) is 0 Å². The van der Waals surface area contributed by atoms with Crippen molar-refractivity contribution in [2.75, 3.05) is 5.73 Å². The predicted molar refractivity (Wildman–Crippen MR) is 103 cm³/mol. The summed E-state index contributed by atoms with van der Waals surface area (Å²) in [5.74, 6) is -2.37. The van der Waals surface area contributed by atoms with Gasteiger partial charge in [-0.1, -0.05) is 0 Å². The molecule has 6 atom stereocenters. The molecule has 0 aromatic carbocycles. The van der Waals surface area contributed by atoms with E-state index in [1.807, 2.05) is 0 Å². The molecule has 33 heavy (non-hydrogen) atoms. The average molecular weight is 539 g/mol. The summed E-state index contributed by atoms with van der Waals surface area (Å²) in [6, 6.07) is 1.09. The van der Waals surface area contributed by atoms with Gasteiger partial charge in [0.15, 0.2) is 18.3 Å². The molecule has 10 N–H and O–H groups in total. The number of carbonyl (C=O) groups is 1. The minimum Gasteiger partial charge on any atom is -0.387 e. The summed E-state index contributed by atoms with van der Waals surface area (Å²) in [6.07, 6.45) is -10.2. The largest absolute Gasteiger partial charge is 0.387 e. The minimum absolute atomic E-state index is 0.192. The Morgan fingerprint density at radius 1 is 1.18 bits per heavy atom. The van der Waals surface area contributed by atoms with Crippen LogP contribution in [0.1, 0.15) is 13.2 Å². The van der Waals surface area contributed by atoms with Crippen LogP contribution in [0.15, 0.2) is 17.1 Å². The van der Waals surface area contributed by atoms with Gasteiger partial charge in [-0.2, -0.15) is 4.98 Å². The van der Waals surface area contributed by atoms with Gasteiger partial charge >= 0.3 is 33.1 Å². The Balaban J connectivity index is 2.45. The van der Waals surface area contributed by atoms with Gasteiger partial charge in [-0.3, -0.25) is 27.6 Å². The Morgan fingerprint density at radius 3 is 2.12 bits per heavy atom. The first-order chi connectivity index (χ1) is 14.8. The molecule has 1 aliphatic rings. The van der Waals surface area contributed by atoms with Crippen LogP contribution >= 0.6 is 22.8 Å². The van der Waals surface area contributed by atoms with Crippen molar-refractivity contribution in [1.29, 1.82) is 0 Å². The second-order valence-corrected chi connectivity index (χ2v) is 13.3. The van der Waals surface area contributed by atoms with Crippen LogP contribution in [0.3, 0.4) is 0 Å². The maximum Gasteiger partial charge on any atom is 0.368 e. The molecule has 21 heteroatoms. The maximum atomic E-state index is 12.7. The lowest BCUT2D eigenvalue weighted by Gasteiger charge is -2.36. The quantitative estimate of drug-likeness (QED) is 0.115. The van der Waals surface area contributed by atoms with E-state index in [0.29, 0.717) is 4.57 Å². The maximum absolute atomic E-state index is 12.7. The Hall–Kier alpha value is -1.36. The SMILES string of the molecule is CC(=O)C(P(=O)(O)O)(P(=O)(O)O)P(=O)(O)OC(O)[C@H]1O[C@@H](n2ccc(N)nc2=O)[C@H](O)[C@@H]1O. The molecule has 188 valence electrons.